The highest BCUT2D eigenvalue weighted by atomic mass is 32.2. The van der Waals surface area contributed by atoms with Gasteiger partial charge < -0.3 is 0 Å². The van der Waals surface area contributed by atoms with Crippen molar-refractivity contribution in [3.05, 3.63) is 0 Å². The zero-order valence-corrected chi connectivity index (χ0v) is 5.20. The van der Waals surface area contributed by atoms with Crippen LogP contribution in [0.15, 0.2) is 5.10 Å². The molecule has 0 aromatic heterocycles. The van der Waals surface area contributed by atoms with E-state index in [1.807, 2.05) is 4.83 Å². The second-order valence-electron chi connectivity index (χ2n) is 1.70. The zero-order valence-electron chi connectivity index (χ0n) is 4.38. The third kappa shape index (κ3) is 0.975. The number of nitrogens with zero attached hydrogens (tertiary/aromatic N) is 1. The highest BCUT2D eigenvalue weighted by Gasteiger charge is 2.16. The van der Waals surface area contributed by atoms with Crippen molar-refractivity contribution in [3.63, 3.8) is 0 Å². The van der Waals surface area contributed by atoms with Gasteiger partial charge in [0.15, 0.2) is 0 Å². The predicted octanol–water partition coefficient (Wildman–Crippen LogP) is -0.705. The first-order valence-electron chi connectivity index (χ1n) is 2.13. The van der Waals surface area contributed by atoms with Crippen molar-refractivity contribution >= 4 is 15.7 Å². The van der Waals surface area contributed by atoms with Gasteiger partial charge in [-0.05, 0) is 6.92 Å². The van der Waals surface area contributed by atoms with Gasteiger partial charge in [0.05, 0.1) is 5.71 Å². The summed E-state index contributed by atoms with van der Waals surface area (Å²) in [6, 6.07) is 0. The van der Waals surface area contributed by atoms with Gasteiger partial charge in [-0.3, -0.25) is 0 Å². The van der Waals surface area contributed by atoms with Gasteiger partial charge in [-0.15, -0.1) is 0 Å². The van der Waals surface area contributed by atoms with Crippen molar-refractivity contribution in [3.8, 4) is 0 Å². The van der Waals surface area contributed by atoms with E-state index in [2.05, 4.69) is 5.10 Å². The largest absolute Gasteiger partial charge is 0.252 e. The second-order valence-corrected chi connectivity index (χ2v) is 3.40. The molecule has 4 nitrogen and oxygen atoms in total. The van der Waals surface area contributed by atoms with Gasteiger partial charge in [0.1, 0.15) is 5.75 Å². The molecule has 0 amide bonds. The van der Waals surface area contributed by atoms with E-state index in [9.17, 15) is 8.42 Å². The van der Waals surface area contributed by atoms with Gasteiger partial charge in [-0.2, -0.15) is 5.10 Å². The lowest BCUT2D eigenvalue weighted by atomic mass is 10.5. The molecule has 8 heavy (non-hydrogen) atoms. The second kappa shape index (κ2) is 1.45. The molecule has 0 spiro atoms. The predicted molar refractivity (Wildman–Crippen MR) is 30.0 cm³/mol. The molecule has 0 aromatic carbocycles. The monoisotopic (exact) mass is 134 g/mol. The summed E-state index contributed by atoms with van der Waals surface area (Å²) >= 11 is 0. The highest BCUT2D eigenvalue weighted by molar-refractivity contribution is 7.90. The molecule has 46 valence electrons. The zero-order chi connectivity index (χ0) is 6.20. The maximum absolute atomic E-state index is 10.4. The standard InChI is InChI=1S/C3H6N2O2S/c1-3-2-8(6,7)5-4-3/h5H,2H2,1H3. The average molecular weight is 134 g/mol. The van der Waals surface area contributed by atoms with Crippen LogP contribution in [0.25, 0.3) is 0 Å². The van der Waals surface area contributed by atoms with Gasteiger partial charge in [0.2, 0.25) is 0 Å². The van der Waals surface area contributed by atoms with E-state index in [0.717, 1.165) is 0 Å². The number of hydrazone groups is 1. The summed E-state index contributed by atoms with van der Waals surface area (Å²) in [5.41, 5.74) is 0.616. The summed E-state index contributed by atoms with van der Waals surface area (Å²) in [5.74, 6) is 0.0486. The van der Waals surface area contributed by atoms with Crippen LogP contribution in [0.3, 0.4) is 0 Å². The van der Waals surface area contributed by atoms with Crippen LogP contribution in [-0.2, 0) is 10.0 Å². The Bertz CT molecular complexity index is 215. The first kappa shape index (κ1) is 5.55. The van der Waals surface area contributed by atoms with Crippen molar-refractivity contribution < 1.29 is 8.42 Å². The van der Waals surface area contributed by atoms with Crippen LogP contribution in [0.1, 0.15) is 6.92 Å². The normalized spacial score (nSPS) is 24.4. The van der Waals surface area contributed by atoms with Crippen LogP contribution in [0, 0.1) is 0 Å². The SMILES string of the molecule is CC1=NNS(=O)(=O)C1. The lowest BCUT2D eigenvalue weighted by Crippen LogP contribution is -2.14. The Morgan fingerprint density at radius 1 is 1.75 bits per heavy atom. The fraction of sp³-hybridized carbons (Fsp3) is 0.667. The molecule has 1 heterocycles. The third-order valence-electron chi connectivity index (χ3n) is 0.774. The molecule has 0 saturated carbocycles. The highest BCUT2D eigenvalue weighted by Crippen LogP contribution is 1.93. The van der Waals surface area contributed by atoms with E-state index in [0.29, 0.717) is 5.71 Å². The summed E-state index contributed by atoms with van der Waals surface area (Å²) in [6.07, 6.45) is 0. The quantitative estimate of drug-likeness (QED) is 0.476. The van der Waals surface area contributed by atoms with Crippen molar-refractivity contribution in [2.45, 2.75) is 6.92 Å². The molecular formula is C3H6N2O2S. The van der Waals surface area contributed by atoms with Crippen LogP contribution < -0.4 is 4.83 Å². The molecule has 0 saturated heterocycles. The van der Waals surface area contributed by atoms with E-state index < -0.39 is 10.0 Å². The smallest absolute Gasteiger partial charge is 0.205 e. The summed E-state index contributed by atoms with van der Waals surface area (Å²) in [5, 5.41) is 3.47. The molecular weight excluding hydrogens is 128 g/mol. The minimum absolute atomic E-state index is 0.0486. The summed E-state index contributed by atoms with van der Waals surface area (Å²) in [7, 11) is -3.05. The molecule has 0 bridgehead atoms. The molecule has 1 N–H and O–H groups in total. The number of nitrogens with one attached hydrogen (secondary N) is 1. The van der Waals surface area contributed by atoms with Crippen molar-refractivity contribution in [2.75, 3.05) is 5.75 Å². The Labute approximate surface area is 47.6 Å². The first-order valence-corrected chi connectivity index (χ1v) is 3.78. The molecule has 0 unspecified atom stereocenters. The summed E-state index contributed by atoms with van der Waals surface area (Å²) in [4.78, 5) is 2.01. The number of hydrogen-bond donors (Lipinski definition) is 1. The van der Waals surface area contributed by atoms with Gasteiger partial charge in [-0.1, -0.05) is 0 Å². The molecule has 0 fully saturated rings. The molecule has 0 aromatic rings. The fourth-order valence-corrected chi connectivity index (χ4v) is 1.46. The maximum Gasteiger partial charge on any atom is 0.252 e. The Kier molecular flexibility index (Phi) is 1.00. The minimum atomic E-state index is -3.05. The van der Waals surface area contributed by atoms with Crippen molar-refractivity contribution in [1.82, 2.24) is 4.83 Å². The molecule has 1 aliphatic rings. The lowest BCUT2D eigenvalue weighted by molar-refractivity contribution is 0.592. The average Bonchev–Trinajstić information content (AvgIpc) is 1.82. The van der Waals surface area contributed by atoms with Crippen LogP contribution in [0.2, 0.25) is 0 Å². The van der Waals surface area contributed by atoms with Gasteiger partial charge in [0.25, 0.3) is 10.0 Å². The number of sulfonamides is 1. The van der Waals surface area contributed by atoms with Crippen LogP contribution >= 0.6 is 0 Å². The Morgan fingerprint density at radius 2 is 2.38 bits per heavy atom. The number of rotatable bonds is 0. The Hall–Kier alpha value is -0.580. The van der Waals surface area contributed by atoms with Gasteiger partial charge in [0, 0.05) is 0 Å². The number of hydrogen-bond acceptors (Lipinski definition) is 3. The van der Waals surface area contributed by atoms with Gasteiger partial charge >= 0.3 is 0 Å². The van der Waals surface area contributed by atoms with E-state index in [1.54, 1.807) is 6.92 Å². The van der Waals surface area contributed by atoms with E-state index >= 15 is 0 Å². The lowest BCUT2D eigenvalue weighted by Gasteiger charge is -1.85. The summed E-state index contributed by atoms with van der Waals surface area (Å²) in [6.45, 7) is 1.66. The van der Waals surface area contributed by atoms with Crippen LogP contribution in [0.4, 0.5) is 0 Å². The Morgan fingerprint density at radius 3 is 2.50 bits per heavy atom. The van der Waals surface area contributed by atoms with Gasteiger partial charge in [-0.25, -0.2) is 13.2 Å². The van der Waals surface area contributed by atoms with Crippen LogP contribution in [0.5, 0.6) is 0 Å². The maximum atomic E-state index is 10.4. The molecule has 0 atom stereocenters. The van der Waals surface area contributed by atoms with E-state index in [1.165, 1.54) is 0 Å². The topological polar surface area (TPSA) is 58.5 Å². The van der Waals surface area contributed by atoms with Crippen molar-refractivity contribution in [2.24, 2.45) is 5.10 Å². The van der Waals surface area contributed by atoms with E-state index in [-0.39, 0.29) is 5.75 Å². The molecule has 5 heteroatoms. The minimum Gasteiger partial charge on any atom is -0.205 e. The molecule has 1 rings (SSSR count). The molecule has 0 radical (unpaired) electrons. The van der Waals surface area contributed by atoms with Crippen LogP contribution in [-0.4, -0.2) is 19.9 Å². The van der Waals surface area contributed by atoms with Crippen molar-refractivity contribution in [1.29, 1.82) is 0 Å². The van der Waals surface area contributed by atoms with E-state index in [4.69, 9.17) is 0 Å². The third-order valence-corrected chi connectivity index (χ3v) is 1.94. The molecule has 1 aliphatic heterocycles. The first-order chi connectivity index (χ1) is 3.60. The molecule has 0 aliphatic carbocycles. The Balaban J connectivity index is 2.85. The fourth-order valence-electron chi connectivity index (χ4n) is 0.487. The summed E-state index contributed by atoms with van der Waals surface area (Å²) < 4.78 is 20.8.